The molecule has 2 aromatic rings. The van der Waals surface area contributed by atoms with E-state index in [0.29, 0.717) is 30.1 Å². The van der Waals surface area contributed by atoms with E-state index in [1.807, 2.05) is 18.2 Å². The molecule has 0 saturated carbocycles. The highest BCUT2D eigenvalue weighted by molar-refractivity contribution is 5.97. The van der Waals surface area contributed by atoms with Crippen LogP contribution in [-0.4, -0.2) is 38.1 Å². The lowest BCUT2D eigenvalue weighted by Gasteiger charge is -2.18. The molecule has 2 N–H and O–H groups in total. The first-order chi connectivity index (χ1) is 12.6. The van der Waals surface area contributed by atoms with Gasteiger partial charge in [-0.15, -0.1) is 0 Å². The summed E-state index contributed by atoms with van der Waals surface area (Å²) < 4.78 is 10.7. The zero-order chi connectivity index (χ0) is 18.7. The van der Waals surface area contributed by atoms with Crippen LogP contribution in [0, 0.1) is 0 Å². The third kappa shape index (κ3) is 3.28. The smallest absolute Gasteiger partial charge is 0.322 e. The van der Waals surface area contributed by atoms with Crippen molar-refractivity contribution in [1.82, 2.24) is 10.2 Å². The van der Waals surface area contributed by atoms with Crippen molar-refractivity contribution in [2.75, 3.05) is 26.6 Å². The fraction of sp³-hybridized carbons (Fsp3) is 0.263. The van der Waals surface area contributed by atoms with Gasteiger partial charge in [0.15, 0.2) is 0 Å². The van der Waals surface area contributed by atoms with E-state index >= 15 is 0 Å². The lowest BCUT2D eigenvalue weighted by Crippen LogP contribution is -2.30. The lowest BCUT2D eigenvalue weighted by molar-refractivity contribution is 0.0962. The monoisotopic (exact) mass is 355 g/mol. The standard InChI is InChI=1S/C19H21N3O4/c1-20-18(23)12-7-8-15(17(9-12)26-3)21-19(24)22-10-13-5-4-6-16(25-2)14(13)11-22/h4-9H,10-11H2,1-3H3,(H,20,23)(H,21,24). The van der Waals surface area contributed by atoms with Crippen molar-refractivity contribution in [3.63, 3.8) is 0 Å². The van der Waals surface area contributed by atoms with E-state index in [1.54, 1.807) is 37.3 Å². The fourth-order valence-electron chi connectivity index (χ4n) is 3.00. The van der Waals surface area contributed by atoms with Crippen LogP contribution >= 0.6 is 0 Å². The molecular formula is C19H21N3O4. The van der Waals surface area contributed by atoms with E-state index in [4.69, 9.17) is 9.47 Å². The third-order valence-corrected chi connectivity index (χ3v) is 4.38. The number of carbonyl (C=O) groups excluding carboxylic acids is 2. The zero-order valence-electron chi connectivity index (χ0n) is 15.0. The molecule has 26 heavy (non-hydrogen) atoms. The first kappa shape index (κ1) is 17.6. The van der Waals surface area contributed by atoms with Gasteiger partial charge in [0.05, 0.1) is 26.5 Å². The summed E-state index contributed by atoms with van der Waals surface area (Å²) in [6, 6.07) is 10.4. The Morgan fingerprint density at radius 2 is 1.81 bits per heavy atom. The van der Waals surface area contributed by atoms with Gasteiger partial charge in [-0.05, 0) is 29.8 Å². The predicted molar refractivity (Wildman–Crippen MR) is 97.6 cm³/mol. The van der Waals surface area contributed by atoms with Gasteiger partial charge in [0, 0.05) is 24.7 Å². The Kier molecular flexibility index (Phi) is 4.97. The Labute approximate surface area is 151 Å². The van der Waals surface area contributed by atoms with E-state index in [1.165, 1.54) is 7.11 Å². The topological polar surface area (TPSA) is 79.9 Å². The van der Waals surface area contributed by atoms with Crippen LogP contribution in [0.1, 0.15) is 21.5 Å². The van der Waals surface area contributed by atoms with Crippen molar-refractivity contribution < 1.29 is 19.1 Å². The Morgan fingerprint density at radius 3 is 2.50 bits per heavy atom. The molecule has 0 fully saturated rings. The molecule has 0 aliphatic carbocycles. The molecule has 7 nitrogen and oxygen atoms in total. The minimum Gasteiger partial charge on any atom is -0.496 e. The Morgan fingerprint density at radius 1 is 1.04 bits per heavy atom. The molecule has 3 amide bonds. The average molecular weight is 355 g/mol. The molecule has 7 heteroatoms. The van der Waals surface area contributed by atoms with Crippen LogP contribution in [0.4, 0.5) is 10.5 Å². The van der Waals surface area contributed by atoms with Crippen LogP contribution in [0.5, 0.6) is 11.5 Å². The molecule has 0 bridgehead atoms. The number of carbonyl (C=O) groups is 2. The molecule has 1 aliphatic heterocycles. The third-order valence-electron chi connectivity index (χ3n) is 4.38. The molecule has 0 atom stereocenters. The number of methoxy groups -OCH3 is 2. The van der Waals surface area contributed by atoms with Gasteiger partial charge in [-0.25, -0.2) is 4.79 Å². The summed E-state index contributed by atoms with van der Waals surface area (Å²) in [5, 5.41) is 5.41. The average Bonchev–Trinajstić information content (AvgIpc) is 3.12. The SMILES string of the molecule is CNC(=O)c1ccc(NC(=O)N2Cc3cccc(OC)c3C2)c(OC)c1. The van der Waals surface area contributed by atoms with Crippen LogP contribution < -0.4 is 20.1 Å². The number of rotatable bonds is 4. The molecule has 3 rings (SSSR count). The van der Waals surface area contributed by atoms with Gasteiger partial charge in [-0.2, -0.15) is 0 Å². The van der Waals surface area contributed by atoms with Crippen LogP contribution in [-0.2, 0) is 13.1 Å². The molecule has 0 radical (unpaired) electrons. The summed E-state index contributed by atoms with van der Waals surface area (Å²) in [6.07, 6.45) is 0. The molecule has 0 unspecified atom stereocenters. The fourth-order valence-corrected chi connectivity index (χ4v) is 3.00. The summed E-state index contributed by atoms with van der Waals surface area (Å²) in [5.74, 6) is 0.988. The first-order valence-corrected chi connectivity index (χ1v) is 8.18. The number of anilines is 1. The van der Waals surface area contributed by atoms with Crippen LogP contribution in [0.2, 0.25) is 0 Å². The van der Waals surface area contributed by atoms with E-state index < -0.39 is 0 Å². The van der Waals surface area contributed by atoms with Gasteiger partial charge >= 0.3 is 6.03 Å². The molecule has 1 heterocycles. The summed E-state index contributed by atoms with van der Waals surface area (Å²) in [5.41, 5.74) is 3.06. The molecule has 0 saturated heterocycles. The Bertz CT molecular complexity index is 851. The zero-order valence-corrected chi connectivity index (χ0v) is 15.0. The minimum atomic E-state index is -0.241. The van der Waals surface area contributed by atoms with Crippen LogP contribution in [0.25, 0.3) is 0 Å². The quantitative estimate of drug-likeness (QED) is 0.884. The number of amides is 3. The lowest BCUT2D eigenvalue weighted by atomic mass is 10.1. The van der Waals surface area contributed by atoms with Crippen molar-refractivity contribution in [3.8, 4) is 11.5 Å². The molecule has 0 aromatic heterocycles. The van der Waals surface area contributed by atoms with Crippen LogP contribution in [0.15, 0.2) is 36.4 Å². The van der Waals surface area contributed by atoms with E-state index in [-0.39, 0.29) is 11.9 Å². The van der Waals surface area contributed by atoms with Crippen molar-refractivity contribution in [1.29, 1.82) is 0 Å². The summed E-state index contributed by atoms with van der Waals surface area (Å²) in [6.45, 7) is 0.987. The largest absolute Gasteiger partial charge is 0.496 e. The maximum Gasteiger partial charge on any atom is 0.322 e. The number of nitrogens with zero attached hydrogens (tertiary/aromatic N) is 1. The Hall–Kier alpha value is -3.22. The molecule has 2 aromatic carbocycles. The van der Waals surface area contributed by atoms with E-state index in [0.717, 1.165) is 16.9 Å². The first-order valence-electron chi connectivity index (χ1n) is 8.18. The second-order valence-electron chi connectivity index (χ2n) is 5.88. The normalized spacial score (nSPS) is 12.3. The molecule has 0 spiro atoms. The Balaban J connectivity index is 1.76. The number of benzene rings is 2. The number of ether oxygens (including phenoxy) is 2. The number of hydrogen-bond acceptors (Lipinski definition) is 4. The van der Waals surface area contributed by atoms with E-state index in [9.17, 15) is 9.59 Å². The highest BCUT2D eigenvalue weighted by Gasteiger charge is 2.26. The number of fused-ring (bicyclic) bond motifs is 1. The molecular weight excluding hydrogens is 334 g/mol. The van der Waals surface area contributed by atoms with Crippen LogP contribution in [0.3, 0.4) is 0 Å². The maximum atomic E-state index is 12.7. The highest BCUT2D eigenvalue weighted by atomic mass is 16.5. The highest BCUT2D eigenvalue weighted by Crippen LogP contribution is 2.32. The summed E-state index contributed by atoms with van der Waals surface area (Å²) in [7, 11) is 4.68. The van der Waals surface area contributed by atoms with Gasteiger partial charge < -0.3 is 25.0 Å². The second-order valence-corrected chi connectivity index (χ2v) is 5.88. The van der Waals surface area contributed by atoms with Gasteiger partial charge in [-0.1, -0.05) is 12.1 Å². The number of nitrogens with one attached hydrogen (secondary N) is 2. The second kappa shape index (κ2) is 7.35. The van der Waals surface area contributed by atoms with E-state index in [2.05, 4.69) is 10.6 Å². The van der Waals surface area contributed by atoms with Crippen molar-refractivity contribution >= 4 is 17.6 Å². The van der Waals surface area contributed by atoms with Gasteiger partial charge in [-0.3, -0.25) is 4.79 Å². The van der Waals surface area contributed by atoms with Gasteiger partial charge in [0.2, 0.25) is 0 Å². The summed E-state index contributed by atoms with van der Waals surface area (Å²) in [4.78, 5) is 26.1. The minimum absolute atomic E-state index is 0.219. The maximum absolute atomic E-state index is 12.7. The number of hydrogen-bond donors (Lipinski definition) is 2. The van der Waals surface area contributed by atoms with Crippen molar-refractivity contribution in [3.05, 3.63) is 53.1 Å². The molecule has 1 aliphatic rings. The van der Waals surface area contributed by atoms with Gasteiger partial charge in [0.25, 0.3) is 5.91 Å². The summed E-state index contributed by atoms with van der Waals surface area (Å²) >= 11 is 0. The number of urea groups is 1. The van der Waals surface area contributed by atoms with Crippen molar-refractivity contribution in [2.24, 2.45) is 0 Å². The molecule has 136 valence electrons. The van der Waals surface area contributed by atoms with Crippen molar-refractivity contribution in [2.45, 2.75) is 13.1 Å². The van der Waals surface area contributed by atoms with Gasteiger partial charge in [0.1, 0.15) is 11.5 Å². The predicted octanol–water partition coefficient (Wildman–Crippen LogP) is 2.61.